The lowest BCUT2D eigenvalue weighted by atomic mass is 9.90. The first-order chi connectivity index (χ1) is 15.0. The number of hydrogen-bond acceptors (Lipinski definition) is 5. The lowest BCUT2D eigenvalue weighted by molar-refractivity contribution is -0.127. The average Bonchev–Trinajstić information content (AvgIpc) is 3.30. The first-order valence-electron chi connectivity index (χ1n) is 11.1. The van der Waals surface area contributed by atoms with Crippen molar-refractivity contribution in [2.45, 2.75) is 50.6 Å². The van der Waals surface area contributed by atoms with E-state index < -0.39 is 0 Å². The summed E-state index contributed by atoms with van der Waals surface area (Å²) in [6.45, 7) is 1.30. The van der Waals surface area contributed by atoms with Crippen molar-refractivity contribution in [2.75, 3.05) is 27.2 Å². The minimum Gasteiger partial charge on any atom is -0.353 e. The van der Waals surface area contributed by atoms with Crippen LogP contribution in [-0.4, -0.2) is 74.7 Å². The van der Waals surface area contributed by atoms with Gasteiger partial charge >= 0.3 is 6.03 Å². The maximum Gasteiger partial charge on any atom is 0.319 e. The van der Waals surface area contributed by atoms with E-state index in [2.05, 4.69) is 26.6 Å². The highest BCUT2D eigenvalue weighted by molar-refractivity contribution is 5.80. The number of urea groups is 1. The van der Waals surface area contributed by atoms with E-state index in [1.165, 1.54) is 0 Å². The number of carbonyl (C=O) groups excluding carboxylic acids is 2. The number of aromatic nitrogens is 4. The maximum atomic E-state index is 12.7. The molecule has 2 aliphatic rings. The largest absolute Gasteiger partial charge is 0.353 e. The Bertz CT molecular complexity index is 882. The fraction of sp³-hybridized carbons (Fsp3) is 0.591. The highest BCUT2D eigenvalue weighted by Crippen LogP contribution is 2.30. The highest BCUT2D eigenvalue weighted by atomic mass is 16.2. The number of amides is 3. The maximum absolute atomic E-state index is 12.7. The quantitative estimate of drug-likeness (QED) is 0.811. The monoisotopic (exact) mass is 425 g/mol. The van der Waals surface area contributed by atoms with Crippen LogP contribution in [0.4, 0.5) is 4.79 Å². The molecular formula is C22H31N7O2. The molecule has 166 valence electrons. The van der Waals surface area contributed by atoms with Crippen LogP contribution in [0.25, 0.3) is 11.3 Å². The Kier molecular flexibility index (Phi) is 6.48. The van der Waals surface area contributed by atoms with E-state index in [-0.39, 0.29) is 23.9 Å². The minimum absolute atomic E-state index is 0.00507. The summed E-state index contributed by atoms with van der Waals surface area (Å²) in [4.78, 5) is 36.5. The Morgan fingerprint density at radius 3 is 2.48 bits per heavy atom. The Balaban J connectivity index is 1.23. The number of hydrogen-bond donors (Lipinski definition) is 1. The number of carbonyl (C=O) groups is 2. The van der Waals surface area contributed by atoms with Gasteiger partial charge in [0.1, 0.15) is 6.33 Å². The van der Waals surface area contributed by atoms with Gasteiger partial charge in [-0.2, -0.15) is 5.10 Å². The molecule has 9 heteroatoms. The van der Waals surface area contributed by atoms with Gasteiger partial charge < -0.3 is 15.1 Å². The van der Waals surface area contributed by atoms with Crippen molar-refractivity contribution in [3.8, 4) is 11.3 Å². The Morgan fingerprint density at radius 1 is 1.10 bits per heavy atom. The smallest absolute Gasteiger partial charge is 0.319 e. The number of rotatable bonds is 4. The fourth-order valence-electron chi connectivity index (χ4n) is 4.55. The van der Waals surface area contributed by atoms with Gasteiger partial charge in [-0.3, -0.25) is 9.48 Å². The van der Waals surface area contributed by atoms with Crippen LogP contribution in [0.2, 0.25) is 0 Å². The van der Waals surface area contributed by atoms with Gasteiger partial charge in [0.15, 0.2) is 0 Å². The van der Waals surface area contributed by atoms with Crippen molar-refractivity contribution in [2.24, 2.45) is 5.92 Å². The molecule has 2 fully saturated rings. The van der Waals surface area contributed by atoms with Crippen molar-refractivity contribution in [3.63, 3.8) is 0 Å². The molecule has 2 aromatic rings. The van der Waals surface area contributed by atoms with E-state index in [4.69, 9.17) is 0 Å². The first-order valence-corrected chi connectivity index (χ1v) is 11.1. The van der Waals surface area contributed by atoms with Crippen LogP contribution >= 0.6 is 0 Å². The van der Waals surface area contributed by atoms with Gasteiger partial charge in [-0.05, 0) is 44.6 Å². The van der Waals surface area contributed by atoms with E-state index in [9.17, 15) is 9.59 Å². The van der Waals surface area contributed by atoms with Crippen molar-refractivity contribution in [3.05, 3.63) is 31.0 Å². The van der Waals surface area contributed by atoms with Gasteiger partial charge in [-0.15, -0.1) is 0 Å². The third-order valence-corrected chi connectivity index (χ3v) is 6.42. The number of nitrogens with zero attached hydrogens (tertiary/aromatic N) is 6. The van der Waals surface area contributed by atoms with Crippen molar-refractivity contribution in [1.29, 1.82) is 0 Å². The molecule has 1 N–H and O–H groups in total. The zero-order valence-corrected chi connectivity index (χ0v) is 18.3. The lowest BCUT2D eigenvalue weighted by Gasteiger charge is -2.34. The topological polar surface area (TPSA) is 96.2 Å². The van der Waals surface area contributed by atoms with E-state index in [0.29, 0.717) is 19.1 Å². The Hall–Kier alpha value is -2.97. The molecule has 0 radical (unpaired) electrons. The molecule has 4 rings (SSSR count). The number of nitrogens with one attached hydrogen (secondary N) is 1. The summed E-state index contributed by atoms with van der Waals surface area (Å²) in [5.74, 6) is 0.149. The normalized spacial score (nSPS) is 22.2. The molecule has 0 unspecified atom stereocenters. The molecule has 31 heavy (non-hydrogen) atoms. The first kappa shape index (κ1) is 21.3. The van der Waals surface area contributed by atoms with Gasteiger partial charge in [0.05, 0.1) is 17.9 Å². The number of piperidine rings is 1. The zero-order chi connectivity index (χ0) is 21.8. The molecule has 0 bridgehead atoms. The summed E-state index contributed by atoms with van der Waals surface area (Å²) in [6, 6.07) is 2.49. The van der Waals surface area contributed by atoms with Crippen molar-refractivity contribution in [1.82, 2.24) is 34.9 Å². The summed E-state index contributed by atoms with van der Waals surface area (Å²) >= 11 is 0. The van der Waals surface area contributed by atoms with Crippen LogP contribution in [0.1, 0.15) is 44.6 Å². The van der Waals surface area contributed by atoms with Crippen LogP contribution in [0.15, 0.2) is 31.0 Å². The molecule has 3 heterocycles. The van der Waals surface area contributed by atoms with Crippen molar-refractivity contribution >= 4 is 11.9 Å². The van der Waals surface area contributed by atoms with Crippen LogP contribution in [-0.2, 0) is 4.79 Å². The third-order valence-electron chi connectivity index (χ3n) is 6.42. The van der Waals surface area contributed by atoms with Gasteiger partial charge in [0.2, 0.25) is 5.91 Å². The van der Waals surface area contributed by atoms with Crippen LogP contribution < -0.4 is 5.32 Å². The van der Waals surface area contributed by atoms with Gasteiger partial charge in [-0.1, -0.05) is 0 Å². The molecule has 1 saturated heterocycles. The summed E-state index contributed by atoms with van der Waals surface area (Å²) in [6.07, 6.45) is 12.5. The zero-order valence-electron chi connectivity index (χ0n) is 18.3. The van der Waals surface area contributed by atoms with Gasteiger partial charge in [-0.25, -0.2) is 14.8 Å². The lowest BCUT2D eigenvalue weighted by Crippen LogP contribution is -2.48. The van der Waals surface area contributed by atoms with Crippen LogP contribution in [0.5, 0.6) is 0 Å². The molecule has 0 aromatic carbocycles. The molecule has 1 aliphatic heterocycles. The summed E-state index contributed by atoms with van der Waals surface area (Å²) < 4.78 is 2.03. The predicted octanol–water partition coefficient (Wildman–Crippen LogP) is 2.33. The standard InChI is InChI=1S/C22H31N7O2/c1-27(2)22(31)28-11-8-16(9-12-28)21(30)26-18-3-5-19(6-4-18)29-14-17(13-25-29)20-7-10-23-15-24-20/h7,10,13-16,18-19H,3-6,8-9,11-12H2,1-2H3,(H,26,30). The molecule has 0 atom stereocenters. The van der Waals surface area contributed by atoms with E-state index in [1.54, 1.807) is 31.5 Å². The summed E-state index contributed by atoms with van der Waals surface area (Å²) in [5.41, 5.74) is 1.87. The molecule has 3 amide bonds. The second-order valence-electron chi connectivity index (χ2n) is 8.76. The molecule has 0 spiro atoms. The molecule has 1 saturated carbocycles. The molecule has 9 nitrogen and oxygen atoms in total. The van der Waals surface area contributed by atoms with Crippen LogP contribution in [0, 0.1) is 5.92 Å². The van der Waals surface area contributed by atoms with E-state index in [1.807, 2.05) is 21.8 Å². The van der Waals surface area contributed by atoms with Crippen molar-refractivity contribution < 1.29 is 9.59 Å². The molecule has 1 aliphatic carbocycles. The molecular weight excluding hydrogens is 394 g/mol. The van der Waals surface area contributed by atoms with Gasteiger partial charge in [0.25, 0.3) is 0 Å². The van der Waals surface area contributed by atoms with Gasteiger partial charge in [0, 0.05) is 57.1 Å². The average molecular weight is 426 g/mol. The van der Waals surface area contributed by atoms with E-state index >= 15 is 0 Å². The third kappa shape index (κ3) is 5.03. The fourth-order valence-corrected chi connectivity index (χ4v) is 4.55. The summed E-state index contributed by atoms with van der Waals surface area (Å²) in [5, 5.41) is 7.80. The SMILES string of the molecule is CN(C)C(=O)N1CCC(C(=O)NC2CCC(n3cc(-c4ccncn4)cn3)CC2)CC1. The number of likely N-dealkylation sites (tertiary alicyclic amines) is 1. The second-order valence-corrected chi connectivity index (χ2v) is 8.76. The highest BCUT2D eigenvalue weighted by Gasteiger charge is 2.30. The Labute approximate surface area is 182 Å². The van der Waals surface area contributed by atoms with Crippen LogP contribution in [0.3, 0.4) is 0 Å². The minimum atomic E-state index is 0.00507. The predicted molar refractivity (Wildman–Crippen MR) is 116 cm³/mol. The Morgan fingerprint density at radius 2 is 1.84 bits per heavy atom. The second kappa shape index (κ2) is 9.45. The molecule has 2 aromatic heterocycles. The van der Waals surface area contributed by atoms with E-state index in [0.717, 1.165) is 49.8 Å². The summed E-state index contributed by atoms with van der Waals surface area (Å²) in [7, 11) is 3.52.